The van der Waals surface area contributed by atoms with E-state index in [9.17, 15) is 8.78 Å². The molecule has 1 rings (SSSR count). The highest BCUT2D eigenvalue weighted by Crippen LogP contribution is 2.18. The van der Waals surface area contributed by atoms with Crippen LogP contribution < -0.4 is 11.1 Å². The molecule has 6 heteroatoms. The van der Waals surface area contributed by atoms with Crippen LogP contribution in [0.2, 0.25) is 0 Å². The Labute approximate surface area is 98.0 Å². The van der Waals surface area contributed by atoms with E-state index >= 15 is 0 Å². The summed E-state index contributed by atoms with van der Waals surface area (Å²) in [6.07, 6.45) is -2.45. The smallest absolute Gasteiger partial charge is 0.261 e. The van der Waals surface area contributed by atoms with Crippen molar-refractivity contribution in [1.82, 2.24) is 0 Å². The summed E-state index contributed by atoms with van der Waals surface area (Å²) >= 11 is 0. The minimum absolute atomic E-state index is 0.170. The molecule has 0 saturated carbocycles. The Morgan fingerprint density at radius 3 is 2.82 bits per heavy atom. The fraction of sp³-hybridized carbons (Fsp3) is 0.364. The highest BCUT2D eigenvalue weighted by Gasteiger charge is 2.02. The number of anilines is 2. The molecule has 92 valence electrons. The molecule has 17 heavy (non-hydrogen) atoms. The van der Waals surface area contributed by atoms with E-state index in [4.69, 9.17) is 15.7 Å². The molecule has 0 aromatic heterocycles. The SMILES string of the molecule is N#Cc1ccc(NCCOCC(F)F)c(N)c1. The van der Waals surface area contributed by atoms with Gasteiger partial charge in [0.25, 0.3) is 6.43 Å². The first-order valence-corrected chi connectivity index (χ1v) is 5.03. The normalized spacial score (nSPS) is 10.2. The molecular weight excluding hydrogens is 228 g/mol. The van der Waals surface area contributed by atoms with Gasteiger partial charge in [-0.15, -0.1) is 0 Å². The quantitative estimate of drug-likeness (QED) is 0.588. The van der Waals surface area contributed by atoms with Gasteiger partial charge >= 0.3 is 0 Å². The number of nitrogens with two attached hydrogens (primary N) is 1. The monoisotopic (exact) mass is 241 g/mol. The van der Waals surface area contributed by atoms with Crippen molar-refractivity contribution < 1.29 is 13.5 Å². The first kappa shape index (κ1) is 13.2. The number of rotatable bonds is 6. The van der Waals surface area contributed by atoms with Crippen molar-refractivity contribution in [3.05, 3.63) is 23.8 Å². The lowest BCUT2D eigenvalue weighted by atomic mass is 10.2. The molecule has 1 aromatic carbocycles. The van der Waals surface area contributed by atoms with Crippen LogP contribution in [0.25, 0.3) is 0 Å². The van der Waals surface area contributed by atoms with E-state index in [1.165, 1.54) is 0 Å². The summed E-state index contributed by atoms with van der Waals surface area (Å²) in [6, 6.07) is 6.80. The largest absolute Gasteiger partial charge is 0.397 e. The van der Waals surface area contributed by atoms with Crippen LogP contribution in [0, 0.1) is 11.3 Å². The molecule has 0 unspecified atom stereocenters. The van der Waals surface area contributed by atoms with E-state index in [0.29, 0.717) is 23.5 Å². The lowest BCUT2D eigenvalue weighted by Gasteiger charge is -2.09. The van der Waals surface area contributed by atoms with Gasteiger partial charge in [0.05, 0.1) is 29.6 Å². The van der Waals surface area contributed by atoms with E-state index < -0.39 is 13.0 Å². The van der Waals surface area contributed by atoms with Gasteiger partial charge in [0.2, 0.25) is 0 Å². The molecule has 0 aliphatic rings. The van der Waals surface area contributed by atoms with Gasteiger partial charge in [-0.1, -0.05) is 0 Å². The third-order valence-corrected chi connectivity index (χ3v) is 1.99. The van der Waals surface area contributed by atoms with Crippen LogP contribution in [0.3, 0.4) is 0 Å². The third-order valence-electron chi connectivity index (χ3n) is 1.99. The molecule has 0 spiro atoms. The standard InChI is InChI=1S/C11H13F2N3O/c12-11(13)7-17-4-3-16-10-2-1-8(6-14)5-9(10)15/h1-2,5,11,16H,3-4,7,15H2. The Balaban J connectivity index is 2.35. The summed E-state index contributed by atoms with van der Waals surface area (Å²) in [6.45, 7) is -0.0167. The summed E-state index contributed by atoms with van der Waals surface area (Å²) in [5.41, 5.74) is 7.26. The molecule has 0 aliphatic carbocycles. The maximum atomic E-state index is 11.7. The van der Waals surface area contributed by atoms with E-state index in [1.54, 1.807) is 18.2 Å². The molecule has 0 amide bonds. The number of nitrogen functional groups attached to an aromatic ring is 1. The molecule has 0 atom stereocenters. The molecule has 0 radical (unpaired) electrons. The number of halogens is 2. The first-order valence-electron chi connectivity index (χ1n) is 5.03. The van der Waals surface area contributed by atoms with Gasteiger partial charge in [0.1, 0.15) is 6.61 Å². The number of nitrogens with zero attached hydrogens (tertiary/aromatic N) is 1. The molecule has 0 bridgehead atoms. The van der Waals surface area contributed by atoms with Gasteiger partial charge in [-0.25, -0.2) is 8.78 Å². The third kappa shape index (κ3) is 4.66. The predicted molar refractivity (Wildman–Crippen MR) is 60.9 cm³/mol. The number of hydrogen-bond acceptors (Lipinski definition) is 4. The Morgan fingerprint density at radius 1 is 1.47 bits per heavy atom. The van der Waals surface area contributed by atoms with Crippen LogP contribution in [0.4, 0.5) is 20.2 Å². The lowest BCUT2D eigenvalue weighted by Crippen LogP contribution is -2.13. The van der Waals surface area contributed by atoms with Crippen molar-refractivity contribution in [3.8, 4) is 6.07 Å². The summed E-state index contributed by atoms with van der Waals surface area (Å²) in [5.74, 6) is 0. The highest BCUT2D eigenvalue weighted by atomic mass is 19.3. The Bertz CT molecular complexity index is 404. The molecule has 0 saturated heterocycles. The minimum Gasteiger partial charge on any atom is -0.397 e. The average molecular weight is 241 g/mol. The van der Waals surface area contributed by atoms with Crippen LogP contribution in [0.1, 0.15) is 5.56 Å². The number of ether oxygens (including phenoxy) is 1. The maximum Gasteiger partial charge on any atom is 0.261 e. The zero-order chi connectivity index (χ0) is 12.7. The first-order chi connectivity index (χ1) is 8.13. The second-order valence-corrected chi connectivity index (χ2v) is 3.31. The molecule has 0 heterocycles. The van der Waals surface area contributed by atoms with E-state index in [0.717, 1.165) is 0 Å². The van der Waals surface area contributed by atoms with Crippen LogP contribution in [0.5, 0.6) is 0 Å². The number of nitriles is 1. The molecule has 4 nitrogen and oxygen atoms in total. The van der Waals surface area contributed by atoms with Crippen LogP contribution >= 0.6 is 0 Å². The Hall–Kier alpha value is -1.87. The fourth-order valence-corrected chi connectivity index (χ4v) is 1.22. The zero-order valence-electron chi connectivity index (χ0n) is 9.12. The molecular formula is C11H13F2N3O. The summed E-state index contributed by atoms with van der Waals surface area (Å²) < 4.78 is 28.2. The van der Waals surface area contributed by atoms with Crippen molar-refractivity contribution in [2.75, 3.05) is 30.8 Å². The molecule has 1 aromatic rings. The topological polar surface area (TPSA) is 71.1 Å². The average Bonchev–Trinajstić information content (AvgIpc) is 2.30. The van der Waals surface area contributed by atoms with Crippen molar-refractivity contribution in [2.24, 2.45) is 0 Å². The van der Waals surface area contributed by atoms with E-state index in [1.807, 2.05) is 6.07 Å². The van der Waals surface area contributed by atoms with Gasteiger partial charge in [0, 0.05) is 6.54 Å². The maximum absolute atomic E-state index is 11.7. The highest BCUT2D eigenvalue weighted by molar-refractivity contribution is 5.68. The van der Waals surface area contributed by atoms with Crippen molar-refractivity contribution in [1.29, 1.82) is 5.26 Å². The second-order valence-electron chi connectivity index (χ2n) is 3.31. The molecule has 0 fully saturated rings. The fourth-order valence-electron chi connectivity index (χ4n) is 1.22. The zero-order valence-corrected chi connectivity index (χ0v) is 9.12. The lowest BCUT2D eigenvalue weighted by molar-refractivity contribution is 0.0215. The van der Waals surface area contributed by atoms with E-state index in [2.05, 4.69) is 5.32 Å². The van der Waals surface area contributed by atoms with Crippen molar-refractivity contribution >= 4 is 11.4 Å². The number of nitrogens with one attached hydrogen (secondary N) is 1. The van der Waals surface area contributed by atoms with Gasteiger partial charge in [-0.2, -0.15) is 5.26 Å². The van der Waals surface area contributed by atoms with Crippen LogP contribution in [-0.2, 0) is 4.74 Å². The molecule has 0 aliphatic heterocycles. The van der Waals surface area contributed by atoms with Crippen molar-refractivity contribution in [3.63, 3.8) is 0 Å². The number of benzene rings is 1. The number of alkyl halides is 2. The summed E-state index contributed by atoms with van der Waals surface area (Å²) in [4.78, 5) is 0. The second kappa shape index (κ2) is 6.66. The Morgan fingerprint density at radius 2 is 2.24 bits per heavy atom. The predicted octanol–water partition coefficient (Wildman–Crippen LogP) is 1.83. The summed E-state index contributed by atoms with van der Waals surface area (Å²) in [5, 5.41) is 11.6. The van der Waals surface area contributed by atoms with Gasteiger partial charge < -0.3 is 15.8 Å². The van der Waals surface area contributed by atoms with Gasteiger partial charge in [-0.05, 0) is 18.2 Å². The van der Waals surface area contributed by atoms with E-state index in [-0.39, 0.29) is 6.61 Å². The minimum atomic E-state index is -2.45. The summed E-state index contributed by atoms with van der Waals surface area (Å²) in [7, 11) is 0. The number of hydrogen-bond donors (Lipinski definition) is 2. The van der Waals surface area contributed by atoms with Crippen LogP contribution in [0.15, 0.2) is 18.2 Å². The Kier molecular flexibility index (Phi) is 5.17. The van der Waals surface area contributed by atoms with Gasteiger partial charge in [0.15, 0.2) is 0 Å². The van der Waals surface area contributed by atoms with Crippen LogP contribution in [-0.4, -0.2) is 26.2 Å². The van der Waals surface area contributed by atoms with Gasteiger partial charge in [-0.3, -0.25) is 0 Å². The molecule has 3 N–H and O–H groups in total. The van der Waals surface area contributed by atoms with Crippen molar-refractivity contribution in [2.45, 2.75) is 6.43 Å².